The fraction of sp³-hybridized carbons (Fsp3) is 0.294. The summed E-state index contributed by atoms with van der Waals surface area (Å²) in [5.74, 6) is -0.490. The van der Waals surface area contributed by atoms with Gasteiger partial charge in [0.15, 0.2) is 0 Å². The van der Waals surface area contributed by atoms with Crippen LogP contribution in [0.3, 0.4) is 0 Å². The number of fused-ring (bicyclic) bond motifs is 1. The van der Waals surface area contributed by atoms with E-state index in [4.69, 9.17) is 5.73 Å². The van der Waals surface area contributed by atoms with Gasteiger partial charge in [0.05, 0.1) is 0 Å². The number of hydrogen-bond donors (Lipinski definition) is 1. The second kappa shape index (κ2) is 5.33. The Kier molecular flexibility index (Phi) is 3.53. The molecule has 2 N–H and O–H groups in total. The third kappa shape index (κ3) is 2.59. The van der Waals surface area contributed by atoms with E-state index in [2.05, 4.69) is 12.1 Å². The predicted molar refractivity (Wildman–Crippen MR) is 75.4 cm³/mol. The lowest BCUT2D eigenvalue weighted by molar-refractivity contribution is 0.430. The van der Waals surface area contributed by atoms with Gasteiger partial charge in [0.25, 0.3) is 0 Å². The van der Waals surface area contributed by atoms with Crippen molar-refractivity contribution in [2.24, 2.45) is 11.7 Å². The lowest BCUT2D eigenvalue weighted by atomic mass is 9.91. The molecule has 1 nitrogen and oxygen atoms in total. The number of benzene rings is 2. The van der Waals surface area contributed by atoms with Crippen molar-refractivity contribution in [1.29, 1.82) is 0 Å². The monoisotopic (exact) mass is 273 g/mol. The highest BCUT2D eigenvalue weighted by Crippen LogP contribution is 2.29. The van der Waals surface area contributed by atoms with Crippen LogP contribution in [0.25, 0.3) is 0 Å². The molecule has 1 atom stereocenters. The first-order chi connectivity index (χ1) is 9.63. The maximum Gasteiger partial charge on any atom is 0.126 e. The number of rotatable bonds is 3. The molecule has 3 rings (SSSR count). The van der Waals surface area contributed by atoms with Gasteiger partial charge in [-0.25, -0.2) is 8.78 Å². The van der Waals surface area contributed by atoms with Gasteiger partial charge in [-0.05, 0) is 60.1 Å². The third-order valence-corrected chi connectivity index (χ3v) is 4.15. The van der Waals surface area contributed by atoms with Crippen molar-refractivity contribution in [2.45, 2.75) is 25.3 Å². The fourth-order valence-electron chi connectivity index (χ4n) is 3.02. The molecule has 0 radical (unpaired) electrons. The standard InChI is InChI=1S/C17H17F2N/c18-15-5-6-16(19)13(9-15)10-17(20)14-7-11-3-1-2-4-12(11)8-14/h1-6,9,14,17H,7-8,10,20H2. The van der Waals surface area contributed by atoms with Crippen molar-refractivity contribution in [3.05, 3.63) is 70.8 Å². The Morgan fingerprint density at radius 1 is 1.05 bits per heavy atom. The van der Waals surface area contributed by atoms with Crippen LogP contribution in [0, 0.1) is 17.6 Å². The number of halogens is 2. The zero-order valence-electron chi connectivity index (χ0n) is 11.2. The summed E-state index contributed by atoms with van der Waals surface area (Å²) < 4.78 is 26.8. The molecule has 0 bridgehead atoms. The van der Waals surface area contributed by atoms with Crippen molar-refractivity contribution in [3.8, 4) is 0 Å². The van der Waals surface area contributed by atoms with E-state index in [9.17, 15) is 8.78 Å². The minimum absolute atomic E-state index is 0.154. The molecule has 104 valence electrons. The summed E-state index contributed by atoms with van der Waals surface area (Å²) in [5, 5.41) is 0. The second-order valence-corrected chi connectivity index (χ2v) is 5.54. The molecule has 0 fully saturated rings. The smallest absolute Gasteiger partial charge is 0.126 e. The summed E-state index contributed by atoms with van der Waals surface area (Å²) in [6.07, 6.45) is 2.23. The summed E-state index contributed by atoms with van der Waals surface area (Å²) in [7, 11) is 0. The largest absolute Gasteiger partial charge is 0.327 e. The topological polar surface area (TPSA) is 26.0 Å². The first-order valence-corrected chi connectivity index (χ1v) is 6.90. The Labute approximate surface area is 117 Å². The van der Waals surface area contributed by atoms with Crippen molar-refractivity contribution >= 4 is 0 Å². The quantitative estimate of drug-likeness (QED) is 0.912. The second-order valence-electron chi connectivity index (χ2n) is 5.54. The Hall–Kier alpha value is -1.74. The lowest BCUT2D eigenvalue weighted by Crippen LogP contribution is -2.33. The Morgan fingerprint density at radius 2 is 1.70 bits per heavy atom. The minimum atomic E-state index is -0.414. The molecule has 0 saturated carbocycles. The highest BCUT2D eigenvalue weighted by molar-refractivity contribution is 5.33. The van der Waals surface area contributed by atoms with E-state index in [1.54, 1.807) is 0 Å². The first-order valence-electron chi connectivity index (χ1n) is 6.90. The molecule has 1 unspecified atom stereocenters. The van der Waals surface area contributed by atoms with Crippen LogP contribution in [0.2, 0.25) is 0 Å². The van der Waals surface area contributed by atoms with Crippen LogP contribution < -0.4 is 5.73 Å². The molecule has 0 spiro atoms. The van der Waals surface area contributed by atoms with Crippen molar-refractivity contribution in [2.75, 3.05) is 0 Å². The maximum atomic E-state index is 13.7. The highest BCUT2D eigenvalue weighted by Gasteiger charge is 2.26. The zero-order chi connectivity index (χ0) is 14.1. The molecule has 2 aromatic rings. The van der Waals surface area contributed by atoms with E-state index in [0.717, 1.165) is 18.9 Å². The van der Waals surface area contributed by atoms with Gasteiger partial charge in [-0.2, -0.15) is 0 Å². The average molecular weight is 273 g/mol. The van der Waals surface area contributed by atoms with Crippen LogP contribution in [0.5, 0.6) is 0 Å². The van der Waals surface area contributed by atoms with Crippen LogP contribution >= 0.6 is 0 Å². The van der Waals surface area contributed by atoms with Crippen molar-refractivity contribution in [3.63, 3.8) is 0 Å². The summed E-state index contributed by atoms with van der Waals surface area (Å²) in [5.41, 5.74) is 9.24. The van der Waals surface area contributed by atoms with Crippen LogP contribution in [-0.2, 0) is 19.3 Å². The summed E-state index contributed by atoms with van der Waals surface area (Å²) in [6.45, 7) is 0. The van der Waals surface area contributed by atoms with E-state index >= 15 is 0 Å². The molecule has 0 aliphatic heterocycles. The SMILES string of the molecule is NC(Cc1cc(F)ccc1F)C1Cc2ccccc2C1. The van der Waals surface area contributed by atoms with E-state index in [1.165, 1.54) is 23.3 Å². The summed E-state index contributed by atoms with van der Waals surface area (Å²) >= 11 is 0. The third-order valence-electron chi connectivity index (χ3n) is 4.15. The van der Waals surface area contributed by atoms with Gasteiger partial charge in [-0.3, -0.25) is 0 Å². The van der Waals surface area contributed by atoms with Gasteiger partial charge < -0.3 is 5.73 Å². The van der Waals surface area contributed by atoms with E-state index in [1.807, 2.05) is 12.1 Å². The molecule has 3 heteroatoms. The molecule has 1 aliphatic rings. The molecule has 0 aromatic heterocycles. The van der Waals surface area contributed by atoms with Crippen LogP contribution in [-0.4, -0.2) is 6.04 Å². The van der Waals surface area contributed by atoms with Crippen molar-refractivity contribution in [1.82, 2.24) is 0 Å². The highest BCUT2D eigenvalue weighted by atomic mass is 19.1. The van der Waals surface area contributed by atoms with Gasteiger partial charge in [-0.1, -0.05) is 24.3 Å². The van der Waals surface area contributed by atoms with Gasteiger partial charge in [0.1, 0.15) is 11.6 Å². The van der Waals surface area contributed by atoms with Crippen LogP contribution in [0.1, 0.15) is 16.7 Å². The van der Waals surface area contributed by atoms with Gasteiger partial charge in [0.2, 0.25) is 0 Å². The van der Waals surface area contributed by atoms with Gasteiger partial charge >= 0.3 is 0 Å². The first kappa shape index (κ1) is 13.3. The van der Waals surface area contributed by atoms with Crippen LogP contribution in [0.15, 0.2) is 42.5 Å². The molecule has 0 amide bonds. The molecule has 2 aromatic carbocycles. The van der Waals surface area contributed by atoms with E-state index in [0.29, 0.717) is 17.9 Å². The van der Waals surface area contributed by atoms with Crippen molar-refractivity contribution < 1.29 is 8.78 Å². The van der Waals surface area contributed by atoms with Crippen LogP contribution in [0.4, 0.5) is 8.78 Å². The Bertz CT molecular complexity index is 599. The predicted octanol–water partition coefficient (Wildman–Crippen LogP) is 3.25. The molecule has 1 aliphatic carbocycles. The van der Waals surface area contributed by atoms with E-state index < -0.39 is 5.82 Å². The number of hydrogen-bond acceptors (Lipinski definition) is 1. The minimum Gasteiger partial charge on any atom is -0.327 e. The Balaban J connectivity index is 1.72. The van der Waals surface area contributed by atoms with Gasteiger partial charge in [0, 0.05) is 6.04 Å². The molecule has 0 heterocycles. The normalized spacial score (nSPS) is 16.1. The fourth-order valence-corrected chi connectivity index (χ4v) is 3.02. The molecular weight excluding hydrogens is 256 g/mol. The van der Waals surface area contributed by atoms with Gasteiger partial charge in [-0.15, -0.1) is 0 Å². The summed E-state index contributed by atoms with van der Waals surface area (Å²) in [6, 6.07) is 11.7. The molecule has 0 saturated heterocycles. The molecular formula is C17H17F2N. The molecule has 20 heavy (non-hydrogen) atoms. The van der Waals surface area contributed by atoms with E-state index in [-0.39, 0.29) is 11.9 Å². The summed E-state index contributed by atoms with van der Waals surface area (Å²) in [4.78, 5) is 0. The zero-order valence-corrected chi connectivity index (χ0v) is 11.2. The Morgan fingerprint density at radius 3 is 2.35 bits per heavy atom. The maximum absolute atomic E-state index is 13.7. The lowest BCUT2D eigenvalue weighted by Gasteiger charge is -2.19. The average Bonchev–Trinajstić information content (AvgIpc) is 2.87. The number of nitrogens with two attached hydrogens (primary N) is 1.